The van der Waals surface area contributed by atoms with Gasteiger partial charge in [0.1, 0.15) is 0 Å². The van der Waals surface area contributed by atoms with Crippen LogP contribution >= 0.6 is 0 Å². The van der Waals surface area contributed by atoms with E-state index in [2.05, 4.69) is 6.92 Å². The van der Waals surface area contributed by atoms with Crippen molar-refractivity contribution in [2.75, 3.05) is 26.2 Å². The van der Waals surface area contributed by atoms with Gasteiger partial charge in [-0.2, -0.15) is 8.61 Å². The van der Waals surface area contributed by atoms with E-state index in [0.717, 1.165) is 31.2 Å². The molecular weight excluding hydrogens is 432 g/mol. The largest absolute Gasteiger partial charge is 0.243 e. The summed E-state index contributed by atoms with van der Waals surface area (Å²) in [6.45, 7) is 4.01. The third kappa shape index (κ3) is 4.72. The maximum atomic E-state index is 13.2. The van der Waals surface area contributed by atoms with Crippen LogP contribution in [0.1, 0.15) is 44.1 Å². The van der Waals surface area contributed by atoms with Crippen molar-refractivity contribution in [2.24, 2.45) is 5.92 Å². The quantitative estimate of drug-likeness (QED) is 0.679. The first-order valence-corrected chi connectivity index (χ1v) is 13.8. The molecule has 2 aliphatic heterocycles. The summed E-state index contributed by atoms with van der Waals surface area (Å²) < 4.78 is 55.4. The Labute approximate surface area is 186 Å². The van der Waals surface area contributed by atoms with Crippen molar-refractivity contribution in [3.63, 3.8) is 0 Å². The Morgan fingerprint density at radius 2 is 1.23 bits per heavy atom. The Kier molecular flexibility index (Phi) is 6.53. The molecule has 0 unspecified atom stereocenters. The van der Waals surface area contributed by atoms with Gasteiger partial charge in [0.25, 0.3) is 0 Å². The SMILES string of the molecule is C[C@H]1CCCN(S(=O)(=O)c2ccc(S(=O)(=O)N3CCC[C@@H](c4ccccc4)C3)cc2)C1. The molecule has 2 aromatic rings. The summed E-state index contributed by atoms with van der Waals surface area (Å²) in [5.41, 5.74) is 1.15. The zero-order valence-corrected chi connectivity index (χ0v) is 19.5. The van der Waals surface area contributed by atoms with E-state index in [-0.39, 0.29) is 15.7 Å². The Bertz CT molecular complexity index is 1100. The van der Waals surface area contributed by atoms with Gasteiger partial charge in [-0.15, -0.1) is 0 Å². The van der Waals surface area contributed by atoms with E-state index in [1.807, 2.05) is 30.3 Å². The van der Waals surface area contributed by atoms with Crippen LogP contribution in [0.5, 0.6) is 0 Å². The van der Waals surface area contributed by atoms with Gasteiger partial charge >= 0.3 is 0 Å². The topological polar surface area (TPSA) is 74.8 Å². The molecule has 2 saturated heterocycles. The molecular formula is C23H30N2O4S2. The lowest BCUT2D eigenvalue weighted by atomic mass is 9.92. The van der Waals surface area contributed by atoms with E-state index >= 15 is 0 Å². The molecule has 0 aromatic heterocycles. The minimum atomic E-state index is -3.67. The molecule has 0 amide bonds. The average molecular weight is 463 g/mol. The molecule has 0 N–H and O–H groups in total. The molecule has 6 nitrogen and oxygen atoms in total. The van der Waals surface area contributed by atoms with Crippen molar-refractivity contribution >= 4 is 20.0 Å². The standard InChI is InChI=1S/C23H30N2O4S2/c1-19-7-5-15-24(17-19)30(26,27)22-11-13-23(14-12-22)31(28,29)25-16-6-10-21(18-25)20-8-3-2-4-9-20/h2-4,8-9,11-14,19,21H,5-7,10,15-18H2,1H3/t19-,21+/m0/s1. The molecule has 0 aliphatic carbocycles. The molecule has 2 fully saturated rings. The molecule has 168 valence electrons. The van der Waals surface area contributed by atoms with Crippen molar-refractivity contribution in [1.82, 2.24) is 8.61 Å². The van der Waals surface area contributed by atoms with E-state index in [0.29, 0.717) is 32.1 Å². The number of benzene rings is 2. The first-order valence-electron chi connectivity index (χ1n) is 10.9. The molecule has 2 atom stereocenters. The van der Waals surface area contributed by atoms with Crippen LogP contribution in [0, 0.1) is 5.92 Å². The number of hydrogen-bond acceptors (Lipinski definition) is 4. The normalized spacial score (nSPS) is 24.2. The van der Waals surface area contributed by atoms with E-state index in [1.54, 1.807) is 0 Å². The summed E-state index contributed by atoms with van der Waals surface area (Å²) >= 11 is 0. The Hall–Kier alpha value is -1.74. The van der Waals surface area contributed by atoms with E-state index in [1.165, 1.54) is 32.9 Å². The zero-order chi connectivity index (χ0) is 22.1. The molecule has 31 heavy (non-hydrogen) atoms. The van der Waals surface area contributed by atoms with Crippen LogP contribution in [0.15, 0.2) is 64.4 Å². The van der Waals surface area contributed by atoms with Crippen LogP contribution in [0.3, 0.4) is 0 Å². The van der Waals surface area contributed by atoms with Gasteiger partial charge < -0.3 is 0 Å². The highest BCUT2D eigenvalue weighted by atomic mass is 32.2. The van der Waals surface area contributed by atoms with Gasteiger partial charge in [-0.1, -0.05) is 37.3 Å². The molecule has 0 spiro atoms. The van der Waals surface area contributed by atoms with Crippen LogP contribution in [-0.4, -0.2) is 51.6 Å². The van der Waals surface area contributed by atoms with Crippen LogP contribution in [-0.2, 0) is 20.0 Å². The van der Waals surface area contributed by atoms with Crippen molar-refractivity contribution in [2.45, 2.75) is 48.3 Å². The number of sulfonamides is 2. The summed E-state index contributed by atoms with van der Waals surface area (Å²) in [7, 11) is -7.28. The van der Waals surface area contributed by atoms with Crippen molar-refractivity contribution < 1.29 is 16.8 Å². The summed E-state index contributed by atoms with van der Waals surface area (Å²) in [6.07, 6.45) is 3.65. The predicted octanol–water partition coefficient (Wildman–Crippen LogP) is 3.68. The second kappa shape index (κ2) is 9.02. The van der Waals surface area contributed by atoms with Gasteiger partial charge in [-0.3, -0.25) is 0 Å². The molecule has 8 heteroatoms. The van der Waals surface area contributed by atoms with E-state index < -0.39 is 20.0 Å². The fourth-order valence-corrected chi connectivity index (χ4v) is 7.73. The van der Waals surface area contributed by atoms with E-state index in [9.17, 15) is 16.8 Å². The van der Waals surface area contributed by atoms with Crippen molar-refractivity contribution in [1.29, 1.82) is 0 Å². The number of nitrogens with zero attached hydrogens (tertiary/aromatic N) is 2. The van der Waals surface area contributed by atoms with Crippen LogP contribution < -0.4 is 0 Å². The number of hydrogen-bond donors (Lipinski definition) is 0. The van der Waals surface area contributed by atoms with Gasteiger partial charge in [-0.05, 0) is 67.3 Å². The summed E-state index contributed by atoms with van der Waals surface area (Å²) in [4.78, 5) is 0.300. The highest BCUT2D eigenvalue weighted by Crippen LogP contribution is 2.31. The van der Waals surface area contributed by atoms with Gasteiger partial charge in [0.2, 0.25) is 20.0 Å². The lowest BCUT2D eigenvalue weighted by Gasteiger charge is -2.32. The van der Waals surface area contributed by atoms with Gasteiger partial charge in [0.15, 0.2) is 0 Å². The second-order valence-corrected chi connectivity index (χ2v) is 12.6. The van der Waals surface area contributed by atoms with Crippen molar-refractivity contribution in [3.05, 3.63) is 60.2 Å². The van der Waals surface area contributed by atoms with Crippen LogP contribution in [0.4, 0.5) is 0 Å². The molecule has 2 aliphatic rings. The Morgan fingerprint density at radius 3 is 1.77 bits per heavy atom. The third-order valence-corrected chi connectivity index (χ3v) is 10.1. The predicted molar refractivity (Wildman–Crippen MR) is 121 cm³/mol. The minimum absolute atomic E-state index is 0.146. The number of rotatable bonds is 5. The molecule has 2 aromatic carbocycles. The zero-order valence-electron chi connectivity index (χ0n) is 17.9. The second-order valence-electron chi connectivity index (χ2n) is 8.69. The van der Waals surface area contributed by atoms with Crippen molar-refractivity contribution in [3.8, 4) is 0 Å². The highest BCUT2D eigenvalue weighted by molar-refractivity contribution is 7.89. The molecule has 0 radical (unpaired) electrons. The lowest BCUT2D eigenvalue weighted by Crippen LogP contribution is -2.39. The van der Waals surface area contributed by atoms with E-state index in [4.69, 9.17) is 0 Å². The minimum Gasteiger partial charge on any atom is -0.207 e. The van der Waals surface area contributed by atoms with Gasteiger partial charge in [0.05, 0.1) is 9.79 Å². The monoisotopic (exact) mass is 462 g/mol. The maximum Gasteiger partial charge on any atom is 0.243 e. The fraction of sp³-hybridized carbons (Fsp3) is 0.478. The lowest BCUT2D eigenvalue weighted by molar-refractivity contribution is 0.281. The fourth-order valence-electron chi connectivity index (χ4n) is 4.60. The molecule has 2 heterocycles. The average Bonchev–Trinajstić information content (AvgIpc) is 2.80. The molecule has 0 bridgehead atoms. The first kappa shape index (κ1) is 22.5. The summed E-state index contributed by atoms with van der Waals surface area (Å²) in [5.74, 6) is 0.505. The first-order chi connectivity index (χ1) is 14.8. The van der Waals surface area contributed by atoms with Crippen LogP contribution in [0.2, 0.25) is 0 Å². The Balaban J connectivity index is 1.52. The Morgan fingerprint density at radius 1 is 0.710 bits per heavy atom. The van der Waals surface area contributed by atoms with Gasteiger partial charge in [0, 0.05) is 26.2 Å². The smallest absolute Gasteiger partial charge is 0.207 e. The number of piperidine rings is 2. The van der Waals surface area contributed by atoms with Crippen LogP contribution in [0.25, 0.3) is 0 Å². The van der Waals surface area contributed by atoms with Gasteiger partial charge in [-0.25, -0.2) is 16.8 Å². The molecule has 0 saturated carbocycles. The summed E-state index contributed by atoms with van der Waals surface area (Å²) in [6, 6.07) is 15.7. The third-order valence-electron chi connectivity index (χ3n) is 6.37. The summed E-state index contributed by atoms with van der Waals surface area (Å²) in [5, 5.41) is 0. The maximum absolute atomic E-state index is 13.2. The molecule has 4 rings (SSSR count). The highest BCUT2D eigenvalue weighted by Gasteiger charge is 2.32.